The third-order valence-corrected chi connectivity index (χ3v) is 4.05. The molecule has 24 heavy (non-hydrogen) atoms. The average Bonchev–Trinajstić information content (AvgIpc) is 3.33. The number of benzene rings is 1. The Bertz CT molecular complexity index is 891. The molecule has 0 aliphatic heterocycles. The number of ether oxygens (including phenoxy) is 2. The summed E-state index contributed by atoms with van der Waals surface area (Å²) in [5, 5.41) is 5.24. The van der Waals surface area contributed by atoms with Crippen molar-refractivity contribution in [1.29, 1.82) is 0 Å². The maximum atomic E-state index is 12.7. The lowest BCUT2D eigenvalue weighted by molar-refractivity contribution is -0.0489. The van der Waals surface area contributed by atoms with E-state index in [9.17, 15) is 8.78 Å². The molecular weight excluding hydrogens is 316 g/mol. The summed E-state index contributed by atoms with van der Waals surface area (Å²) < 4.78 is 37.0. The number of pyridine rings is 1. The summed E-state index contributed by atoms with van der Waals surface area (Å²) in [6, 6.07) is 7.28. The summed E-state index contributed by atoms with van der Waals surface area (Å²) in [5.41, 5.74) is 2.19. The molecule has 1 aromatic carbocycles. The molecule has 0 N–H and O–H groups in total. The van der Waals surface area contributed by atoms with Crippen LogP contribution in [-0.4, -0.2) is 28.5 Å². The average molecular weight is 331 g/mol. The van der Waals surface area contributed by atoms with E-state index in [4.69, 9.17) is 4.74 Å². The predicted molar refractivity (Wildman–Crippen MR) is 84.4 cm³/mol. The van der Waals surface area contributed by atoms with Gasteiger partial charge in [0, 0.05) is 23.8 Å². The summed E-state index contributed by atoms with van der Waals surface area (Å²) in [6.45, 7) is -2.88. The molecule has 3 aromatic rings. The summed E-state index contributed by atoms with van der Waals surface area (Å²) in [5.74, 6) is 0.576. The molecule has 1 aliphatic rings. The van der Waals surface area contributed by atoms with Gasteiger partial charge in [0.15, 0.2) is 5.75 Å². The van der Waals surface area contributed by atoms with Gasteiger partial charge in [0.25, 0.3) is 0 Å². The van der Waals surface area contributed by atoms with Gasteiger partial charge in [-0.25, -0.2) is 4.98 Å². The Morgan fingerprint density at radius 2 is 2.08 bits per heavy atom. The third-order valence-electron chi connectivity index (χ3n) is 4.05. The lowest BCUT2D eigenvalue weighted by Crippen LogP contribution is -2.02. The van der Waals surface area contributed by atoms with E-state index >= 15 is 0 Å². The normalized spacial score (nSPS) is 14.3. The lowest BCUT2D eigenvalue weighted by Gasteiger charge is -2.09. The van der Waals surface area contributed by atoms with Crippen molar-refractivity contribution < 1.29 is 18.3 Å². The van der Waals surface area contributed by atoms with E-state index in [2.05, 4.69) is 14.8 Å². The Kier molecular flexibility index (Phi) is 3.55. The van der Waals surface area contributed by atoms with Crippen LogP contribution in [0.1, 0.15) is 18.9 Å². The van der Waals surface area contributed by atoms with Crippen molar-refractivity contribution in [2.45, 2.75) is 25.5 Å². The fourth-order valence-electron chi connectivity index (χ4n) is 2.76. The smallest absolute Gasteiger partial charge is 0.387 e. The van der Waals surface area contributed by atoms with Crippen molar-refractivity contribution in [3.63, 3.8) is 0 Å². The Hall–Kier alpha value is -2.70. The molecule has 0 spiro atoms. The molecule has 0 radical (unpaired) electrons. The van der Waals surface area contributed by atoms with Crippen LogP contribution in [-0.2, 0) is 0 Å². The maximum Gasteiger partial charge on any atom is 0.387 e. The van der Waals surface area contributed by atoms with Crippen LogP contribution in [0.5, 0.6) is 11.6 Å². The first-order valence-electron chi connectivity index (χ1n) is 7.63. The molecule has 1 fully saturated rings. The number of methoxy groups -OCH3 is 1. The van der Waals surface area contributed by atoms with E-state index in [1.54, 1.807) is 25.4 Å². The summed E-state index contributed by atoms with van der Waals surface area (Å²) in [6.07, 6.45) is 5.65. The lowest BCUT2D eigenvalue weighted by atomic mass is 10.0. The Morgan fingerprint density at radius 1 is 1.25 bits per heavy atom. The molecule has 7 heteroatoms. The van der Waals surface area contributed by atoms with Crippen molar-refractivity contribution in [3.05, 3.63) is 36.7 Å². The topological polar surface area (TPSA) is 49.2 Å². The first kappa shape index (κ1) is 14.9. The third kappa shape index (κ3) is 2.66. The number of fused-ring (bicyclic) bond motifs is 1. The quantitative estimate of drug-likeness (QED) is 0.708. The zero-order valence-electron chi connectivity index (χ0n) is 12.9. The SMILES string of the molecule is COc1cc(-c2ccc(OC(F)F)c3nn(C4CC4)cc23)ccn1. The molecule has 0 atom stereocenters. The number of nitrogens with zero attached hydrogens (tertiary/aromatic N) is 3. The van der Waals surface area contributed by atoms with Gasteiger partial charge in [-0.1, -0.05) is 0 Å². The van der Waals surface area contributed by atoms with E-state index in [0.717, 1.165) is 29.4 Å². The van der Waals surface area contributed by atoms with Gasteiger partial charge < -0.3 is 9.47 Å². The van der Waals surface area contributed by atoms with Gasteiger partial charge in [0.1, 0.15) is 5.52 Å². The number of rotatable bonds is 5. The highest BCUT2D eigenvalue weighted by Gasteiger charge is 2.26. The molecule has 124 valence electrons. The van der Waals surface area contributed by atoms with Gasteiger partial charge in [-0.15, -0.1) is 0 Å². The van der Waals surface area contributed by atoms with Crippen molar-refractivity contribution in [3.8, 4) is 22.8 Å². The van der Waals surface area contributed by atoms with Crippen molar-refractivity contribution >= 4 is 10.9 Å². The fourth-order valence-corrected chi connectivity index (χ4v) is 2.76. The van der Waals surface area contributed by atoms with E-state index in [1.807, 2.05) is 16.9 Å². The van der Waals surface area contributed by atoms with Gasteiger partial charge in [-0.05, 0) is 42.2 Å². The summed E-state index contributed by atoms with van der Waals surface area (Å²) in [4.78, 5) is 4.10. The molecule has 1 aliphatic carbocycles. The number of alkyl halides is 2. The highest BCUT2D eigenvalue weighted by Crippen LogP contribution is 2.39. The van der Waals surface area contributed by atoms with E-state index in [1.165, 1.54) is 6.07 Å². The number of halogens is 2. The van der Waals surface area contributed by atoms with Crippen LogP contribution >= 0.6 is 0 Å². The van der Waals surface area contributed by atoms with E-state index in [0.29, 0.717) is 17.4 Å². The molecule has 5 nitrogen and oxygen atoms in total. The van der Waals surface area contributed by atoms with Crippen LogP contribution in [0.3, 0.4) is 0 Å². The molecular formula is C17H15F2N3O2. The first-order valence-corrected chi connectivity index (χ1v) is 7.63. The van der Waals surface area contributed by atoms with Crippen LogP contribution in [0.25, 0.3) is 22.0 Å². The molecule has 0 amide bonds. The summed E-state index contributed by atoms with van der Waals surface area (Å²) >= 11 is 0. The van der Waals surface area contributed by atoms with Gasteiger partial charge in [0.05, 0.1) is 13.2 Å². The molecule has 2 heterocycles. The van der Waals surface area contributed by atoms with Gasteiger partial charge in [-0.3, -0.25) is 4.68 Å². The minimum absolute atomic E-state index is 0.0872. The van der Waals surface area contributed by atoms with Crippen LogP contribution in [0.2, 0.25) is 0 Å². The molecule has 4 rings (SSSR count). The number of aromatic nitrogens is 3. The van der Waals surface area contributed by atoms with Crippen molar-refractivity contribution in [1.82, 2.24) is 14.8 Å². The van der Waals surface area contributed by atoms with Gasteiger partial charge in [0.2, 0.25) is 5.88 Å². The fraction of sp³-hybridized carbons (Fsp3) is 0.294. The largest absolute Gasteiger partial charge is 0.481 e. The highest BCUT2D eigenvalue weighted by molar-refractivity contribution is 5.97. The maximum absolute atomic E-state index is 12.7. The van der Waals surface area contributed by atoms with E-state index in [-0.39, 0.29) is 5.75 Å². The monoisotopic (exact) mass is 331 g/mol. The molecule has 0 saturated heterocycles. The Balaban J connectivity index is 1.89. The van der Waals surface area contributed by atoms with E-state index < -0.39 is 6.61 Å². The second kappa shape index (κ2) is 5.74. The minimum Gasteiger partial charge on any atom is -0.481 e. The van der Waals surface area contributed by atoms with Crippen LogP contribution in [0, 0.1) is 0 Å². The molecule has 1 saturated carbocycles. The van der Waals surface area contributed by atoms with Crippen LogP contribution < -0.4 is 9.47 Å². The zero-order chi connectivity index (χ0) is 16.7. The van der Waals surface area contributed by atoms with Crippen molar-refractivity contribution in [2.75, 3.05) is 7.11 Å². The molecule has 2 aromatic heterocycles. The Labute approximate surface area is 136 Å². The minimum atomic E-state index is -2.88. The number of hydrogen-bond acceptors (Lipinski definition) is 4. The second-order valence-electron chi connectivity index (χ2n) is 5.68. The second-order valence-corrected chi connectivity index (χ2v) is 5.68. The highest BCUT2D eigenvalue weighted by atomic mass is 19.3. The molecule has 0 unspecified atom stereocenters. The summed E-state index contributed by atoms with van der Waals surface area (Å²) in [7, 11) is 1.55. The van der Waals surface area contributed by atoms with Crippen LogP contribution in [0.15, 0.2) is 36.7 Å². The first-order chi connectivity index (χ1) is 11.7. The van der Waals surface area contributed by atoms with Gasteiger partial charge in [-0.2, -0.15) is 13.9 Å². The molecule has 0 bridgehead atoms. The zero-order valence-corrected chi connectivity index (χ0v) is 12.9. The van der Waals surface area contributed by atoms with Crippen LogP contribution in [0.4, 0.5) is 8.78 Å². The number of hydrogen-bond donors (Lipinski definition) is 0. The Morgan fingerprint density at radius 3 is 2.79 bits per heavy atom. The van der Waals surface area contributed by atoms with Crippen molar-refractivity contribution in [2.24, 2.45) is 0 Å². The standard InChI is InChI=1S/C17H15F2N3O2/c1-23-15-8-10(6-7-20-15)12-4-5-14(24-17(18)19)16-13(12)9-22(21-16)11-2-3-11/h4-9,11,17H,2-3H2,1H3. The predicted octanol–water partition coefficient (Wildman–Crippen LogP) is 4.04. The van der Waals surface area contributed by atoms with Gasteiger partial charge >= 0.3 is 6.61 Å².